The molecule has 0 saturated heterocycles. The van der Waals surface area contributed by atoms with Crippen LogP contribution in [0.25, 0.3) is 0 Å². The topological polar surface area (TPSA) is 52.9 Å². The lowest BCUT2D eigenvalue weighted by Gasteiger charge is -2.31. The van der Waals surface area contributed by atoms with Crippen LogP contribution in [0.3, 0.4) is 0 Å². The first kappa shape index (κ1) is 15.2. The van der Waals surface area contributed by atoms with E-state index < -0.39 is 6.10 Å². The number of benzene rings is 2. The molecule has 4 nitrogen and oxygen atoms in total. The Balaban J connectivity index is 2.09. The average Bonchev–Trinajstić information content (AvgIpc) is 2.60. The van der Waals surface area contributed by atoms with E-state index in [0.29, 0.717) is 0 Å². The zero-order valence-electron chi connectivity index (χ0n) is 12.9. The summed E-state index contributed by atoms with van der Waals surface area (Å²) >= 11 is 0. The quantitative estimate of drug-likeness (QED) is 0.885. The summed E-state index contributed by atoms with van der Waals surface area (Å²) in [6, 6.07) is 15.2. The van der Waals surface area contributed by atoms with Crippen LogP contribution in [0.4, 0.5) is 0 Å². The fourth-order valence-electron chi connectivity index (χ4n) is 2.76. The highest BCUT2D eigenvalue weighted by molar-refractivity contribution is 5.91. The molecule has 2 atom stereocenters. The molecule has 116 valence electrons. The number of carbonyl (C=O) groups excluding carboxylic acids is 1. The molecule has 2 aromatic carbocycles. The highest BCUT2D eigenvalue weighted by Gasteiger charge is 2.29. The van der Waals surface area contributed by atoms with Gasteiger partial charge in [0.15, 0.2) is 0 Å². The number of rotatable bonds is 3. The van der Waals surface area contributed by atoms with Crippen molar-refractivity contribution in [3.63, 3.8) is 0 Å². The maximum absolute atomic E-state index is 12.2. The number of fused-ring (bicyclic) bond motifs is 1. The van der Waals surface area contributed by atoms with Gasteiger partial charge in [0.1, 0.15) is 6.04 Å². The first-order valence-corrected chi connectivity index (χ1v) is 7.48. The van der Waals surface area contributed by atoms with Crippen molar-refractivity contribution in [3.05, 3.63) is 83.4 Å². The van der Waals surface area contributed by atoms with E-state index in [1.807, 2.05) is 48.5 Å². The molecular weight excluding hydrogens is 288 g/mol. The number of amides is 1. The summed E-state index contributed by atoms with van der Waals surface area (Å²) in [5, 5.41) is 15.4. The summed E-state index contributed by atoms with van der Waals surface area (Å²) in [7, 11) is 0. The number of aliphatic hydroxyl groups is 1. The Morgan fingerprint density at radius 3 is 2.61 bits per heavy atom. The van der Waals surface area contributed by atoms with E-state index in [4.69, 9.17) is 0 Å². The van der Waals surface area contributed by atoms with Crippen molar-refractivity contribution in [2.24, 2.45) is 5.10 Å². The Bertz CT molecular complexity index is 763. The molecule has 1 aliphatic heterocycles. The van der Waals surface area contributed by atoms with Crippen molar-refractivity contribution in [1.82, 2.24) is 5.01 Å². The molecule has 0 bridgehead atoms. The van der Waals surface area contributed by atoms with Crippen LogP contribution < -0.4 is 0 Å². The van der Waals surface area contributed by atoms with Crippen LogP contribution in [-0.4, -0.2) is 22.2 Å². The molecule has 1 aliphatic rings. The number of hydrogen-bond donors (Lipinski definition) is 1. The van der Waals surface area contributed by atoms with E-state index in [0.717, 1.165) is 22.3 Å². The highest BCUT2D eigenvalue weighted by Crippen LogP contribution is 2.34. The standard InChI is InChI=1S/C19H18N2O2/c1-3-18(23)21-19(15-10-8-14(9-11-15)13(2)22)17-7-5-4-6-16(17)12-20-21/h3-13,19,22H,1H2,2H3. The number of carbonyl (C=O) groups is 1. The van der Waals surface area contributed by atoms with Crippen LogP contribution in [0.5, 0.6) is 0 Å². The third-order valence-corrected chi connectivity index (χ3v) is 3.99. The van der Waals surface area contributed by atoms with Gasteiger partial charge in [-0.2, -0.15) is 5.10 Å². The molecule has 23 heavy (non-hydrogen) atoms. The number of aliphatic hydroxyl groups excluding tert-OH is 1. The lowest BCUT2D eigenvalue weighted by atomic mass is 9.92. The van der Waals surface area contributed by atoms with Crippen LogP contribution in [0, 0.1) is 0 Å². The summed E-state index contributed by atoms with van der Waals surface area (Å²) in [4.78, 5) is 12.2. The molecular formula is C19H18N2O2. The fourth-order valence-corrected chi connectivity index (χ4v) is 2.76. The Hall–Kier alpha value is -2.72. The minimum atomic E-state index is -0.522. The highest BCUT2D eigenvalue weighted by atomic mass is 16.3. The maximum atomic E-state index is 12.2. The van der Waals surface area contributed by atoms with Gasteiger partial charge in [-0.05, 0) is 29.7 Å². The Morgan fingerprint density at radius 1 is 1.26 bits per heavy atom. The molecule has 0 spiro atoms. The first-order chi connectivity index (χ1) is 11.1. The minimum Gasteiger partial charge on any atom is -0.389 e. The van der Waals surface area contributed by atoms with Gasteiger partial charge in [0.25, 0.3) is 5.91 Å². The second-order valence-electron chi connectivity index (χ2n) is 5.51. The smallest absolute Gasteiger partial charge is 0.266 e. The van der Waals surface area contributed by atoms with E-state index in [1.54, 1.807) is 13.1 Å². The van der Waals surface area contributed by atoms with Crippen molar-refractivity contribution >= 4 is 12.1 Å². The van der Waals surface area contributed by atoms with Gasteiger partial charge < -0.3 is 5.11 Å². The van der Waals surface area contributed by atoms with Gasteiger partial charge in [-0.25, -0.2) is 5.01 Å². The van der Waals surface area contributed by atoms with E-state index in [9.17, 15) is 9.90 Å². The predicted octanol–water partition coefficient (Wildman–Crippen LogP) is 3.19. The molecule has 1 N–H and O–H groups in total. The Morgan fingerprint density at radius 2 is 1.96 bits per heavy atom. The lowest BCUT2D eigenvalue weighted by Crippen LogP contribution is -2.33. The van der Waals surface area contributed by atoms with Crippen molar-refractivity contribution < 1.29 is 9.90 Å². The number of hydrazone groups is 1. The molecule has 3 rings (SSSR count). The molecule has 0 saturated carbocycles. The van der Waals surface area contributed by atoms with Crippen LogP contribution in [0.1, 0.15) is 41.3 Å². The van der Waals surface area contributed by atoms with Crippen LogP contribution in [-0.2, 0) is 4.79 Å². The van der Waals surface area contributed by atoms with E-state index >= 15 is 0 Å². The largest absolute Gasteiger partial charge is 0.389 e. The molecule has 0 aliphatic carbocycles. The SMILES string of the molecule is C=CC(=O)N1N=Cc2ccccc2C1c1ccc(C(C)O)cc1. The number of hydrogen-bond acceptors (Lipinski definition) is 3. The second kappa shape index (κ2) is 6.18. The van der Waals surface area contributed by atoms with Gasteiger partial charge in [-0.3, -0.25) is 4.79 Å². The monoisotopic (exact) mass is 306 g/mol. The van der Waals surface area contributed by atoms with Crippen LogP contribution >= 0.6 is 0 Å². The van der Waals surface area contributed by atoms with E-state index in [1.165, 1.54) is 11.1 Å². The molecule has 1 heterocycles. The zero-order valence-corrected chi connectivity index (χ0v) is 12.9. The molecule has 1 amide bonds. The van der Waals surface area contributed by atoms with Gasteiger partial charge in [0.2, 0.25) is 0 Å². The zero-order chi connectivity index (χ0) is 16.4. The molecule has 2 aromatic rings. The molecule has 0 aromatic heterocycles. The van der Waals surface area contributed by atoms with E-state index in [-0.39, 0.29) is 11.9 Å². The fraction of sp³-hybridized carbons (Fsp3) is 0.158. The number of nitrogens with zero attached hydrogens (tertiary/aromatic N) is 2. The van der Waals surface area contributed by atoms with Gasteiger partial charge in [-0.15, -0.1) is 0 Å². The van der Waals surface area contributed by atoms with Crippen LogP contribution in [0.2, 0.25) is 0 Å². The van der Waals surface area contributed by atoms with Gasteiger partial charge in [0.05, 0.1) is 12.3 Å². The first-order valence-electron chi connectivity index (χ1n) is 7.48. The molecule has 2 unspecified atom stereocenters. The Kier molecular flexibility index (Phi) is 4.08. The summed E-state index contributed by atoms with van der Waals surface area (Å²) in [6.07, 6.45) is 2.44. The summed E-state index contributed by atoms with van der Waals surface area (Å²) in [6.45, 7) is 5.28. The van der Waals surface area contributed by atoms with Crippen molar-refractivity contribution in [2.75, 3.05) is 0 Å². The van der Waals surface area contributed by atoms with E-state index in [2.05, 4.69) is 11.7 Å². The summed E-state index contributed by atoms with van der Waals surface area (Å²) in [5.74, 6) is -0.250. The Labute approximate surface area is 135 Å². The normalized spacial score (nSPS) is 17.5. The van der Waals surface area contributed by atoms with Crippen molar-refractivity contribution in [2.45, 2.75) is 19.1 Å². The molecule has 0 radical (unpaired) electrons. The van der Waals surface area contributed by atoms with Gasteiger partial charge in [-0.1, -0.05) is 55.1 Å². The van der Waals surface area contributed by atoms with Gasteiger partial charge in [0, 0.05) is 5.56 Å². The lowest BCUT2D eigenvalue weighted by molar-refractivity contribution is -0.127. The molecule has 4 heteroatoms. The maximum Gasteiger partial charge on any atom is 0.266 e. The van der Waals surface area contributed by atoms with Crippen LogP contribution in [0.15, 0.2) is 66.3 Å². The summed E-state index contributed by atoms with van der Waals surface area (Å²) in [5.41, 5.74) is 3.78. The van der Waals surface area contributed by atoms with Gasteiger partial charge >= 0.3 is 0 Å². The minimum absolute atomic E-state index is 0.250. The third-order valence-electron chi connectivity index (χ3n) is 3.99. The molecule has 0 fully saturated rings. The summed E-state index contributed by atoms with van der Waals surface area (Å²) < 4.78 is 0. The average molecular weight is 306 g/mol. The third kappa shape index (κ3) is 2.81. The van der Waals surface area contributed by atoms with Crippen molar-refractivity contribution in [3.8, 4) is 0 Å². The van der Waals surface area contributed by atoms with Crippen molar-refractivity contribution in [1.29, 1.82) is 0 Å². The second-order valence-corrected chi connectivity index (χ2v) is 5.51. The predicted molar refractivity (Wildman–Crippen MR) is 90.0 cm³/mol.